The second kappa shape index (κ2) is 4.84. The second-order valence-electron chi connectivity index (χ2n) is 5.99. The Morgan fingerprint density at radius 1 is 1.33 bits per heavy atom. The van der Waals surface area contributed by atoms with Gasteiger partial charge in [0.1, 0.15) is 0 Å². The zero-order valence-electron chi connectivity index (χ0n) is 11.2. The Hall–Kier alpha value is -0.000000000000000132. The van der Waals surface area contributed by atoms with E-state index in [2.05, 4.69) is 61.7 Å². The van der Waals surface area contributed by atoms with Gasteiger partial charge in [-0.05, 0) is 74.9 Å². The molecule has 1 unspecified atom stereocenters. The highest BCUT2D eigenvalue weighted by atomic mass is 127. The summed E-state index contributed by atoms with van der Waals surface area (Å²) in [5.41, 5.74) is 0.712. The molecule has 2 nitrogen and oxygen atoms in total. The normalized spacial score (nSPS) is 25.1. The maximum atomic E-state index is 6.26. The topological polar surface area (TPSA) is 21.3 Å². The summed E-state index contributed by atoms with van der Waals surface area (Å²) in [7, 11) is 0. The summed E-state index contributed by atoms with van der Waals surface area (Å²) in [5.74, 6) is 0. The van der Waals surface area contributed by atoms with Crippen LogP contribution >= 0.6 is 34.2 Å². The van der Waals surface area contributed by atoms with E-state index in [0.29, 0.717) is 0 Å². The van der Waals surface area contributed by atoms with Crippen LogP contribution < -0.4 is 5.32 Å². The summed E-state index contributed by atoms with van der Waals surface area (Å²) in [6, 6.07) is 6.33. The van der Waals surface area contributed by atoms with E-state index in [1.807, 2.05) is 12.1 Å². The van der Waals surface area contributed by atoms with Crippen molar-refractivity contribution < 1.29 is 4.74 Å². The van der Waals surface area contributed by atoms with Crippen LogP contribution in [0, 0.1) is 3.57 Å². The minimum Gasteiger partial charge on any atom is -0.378 e. The molecule has 0 aromatic heterocycles. The van der Waals surface area contributed by atoms with Crippen LogP contribution in [0.25, 0.3) is 0 Å². The zero-order chi connectivity index (χ0) is 13.6. The largest absolute Gasteiger partial charge is 0.378 e. The van der Waals surface area contributed by atoms with Crippen molar-refractivity contribution in [1.29, 1.82) is 0 Å². The van der Waals surface area contributed by atoms with Crippen molar-refractivity contribution in [2.45, 2.75) is 51.4 Å². The SMILES string of the molecule is CC1(C)CC(Nc2ccc(I)cc2Cl)C(C)(C)O1. The lowest BCUT2D eigenvalue weighted by Gasteiger charge is -2.28. The highest BCUT2D eigenvalue weighted by molar-refractivity contribution is 14.1. The minimum atomic E-state index is -0.185. The highest BCUT2D eigenvalue weighted by Gasteiger charge is 2.45. The molecular formula is C14H19ClINO. The Bertz CT molecular complexity index is 459. The lowest BCUT2D eigenvalue weighted by molar-refractivity contribution is -0.0662. The number of halogens is 2. The average molecular weight is 380 g/mol. The molecule has 4 heteroatoms. The number of hydrogen-bond acceptors (Lipinski definition) is 2. The number of ether oxygens (including phenoxy) is 1. The monoisotopic (exact) mass is 379 g/mol. The van der Waals surface area contributed by atoms with E-state index in [0.717, 1.165) is 20.7 Å². The van der Waals surface area contributed by atoms with Gasteiger partial charge in [-0.15, -0.1) is 0 Å². The average Bonchev–Trinajstić information content (AvgIpc) is 2.39. The van der Waals surface area contributed by atoms with E-state index in [-0.39, 0.29) is 17.2 Å². The third kappa shape index (κ3) is 3.11. The Morgan fingerprint density at radius 3 is 2.50 bits per heavy atom. The van der Waals surface area contributed by atoms with Gasteiger partial charge < -0.3 is 10.1 Å². The number of hydrogen-bond donors (Lipinski definition) is 1. The predicted octanol–water partition coefficient (Wildman–Crippen LogP) is 4.70. The van der Waals surface area contributed by atoms with Crippen molar-refractivity contribution in [3.63, 3.8) is 0 Å². The van der Waals surface area contributed by atoms with Crippen LogP contribution in [0.5, 0.6) is 0 Å². The quantitative estimate of drug-likeness (QED) is 0.752. The summed E-state index contributed by atoms with van der Waals surface area (Å²) in [6.45, 7) is 8.51. The van der Waals surface area contributed by atoms with Gasteiger partial charge in [-0.1, -0.05) is 11.6 Å². The molecule has 0 aliphatic carbocycles. The van der Waals surface area contributed by atoms with Gasteiger partial charge in [0.2, 0.25) is 0 Å². The lowest BCUT2D eigenvalue weighted by atomic mass is 9.94. The van der Waals surface area contributed by atoms with E-state index in [4.69, 9.17) is 16.3 Å². The molecule has 1 saturated heterocycles. The van der Waals surface area contributed by atoms with Gasteiger partial charge in [0, 0.05) is 3.57 Å². The van der Waals surface area contributed by atoms with Crippen molar-refractivity contribution >= 4 is 39.9 Å². The van der Waals surface area contributed by atoms with Crippen LogP contribution in [-0.4, -0.2) is 17.2 Å². The van der Waals surface area contributed by atoms with E-state index >= 15 is 0 Å². The molecule has 1 aromatic rings. The number of rotatable bonds is 2. The van der Waals surface area contributed by atoms with Crippen molar-refractivity contribution in [2.24, 2.45) is 0 Å². The first-order chi connectivity index (χ1) is 8.20. The van der Waals surface area contributed by atoms with Crippen molar-refractivity contribution in [2.75, 3.05) is 5.32 Å². The van der Waals surface area contributed by atoms with Crippen molar-refractivity contribution in [3.8, 4) is 0 Å². The molecule has 1 aromatic carbocycles. The van der Waals surface area contributed by atoms with E-state index < -0.39 is 0 Å². The standard InChI is InChI=1S/C14H19ClINO/c1-13(2)8-12(14(3,4)18-13)17-11-6-5-9(16)7-10(11)15/h5-7,12,17H,8H2,1-4H3. The lowest BCUT2D eigenvalue weighted by Crippen LogP contribution is -2.38. The Morgan fingerprint density at radius 2 is 2.00 bits per heavy atom. The number of nitrogens with one attached hydrogen (secondary N) is 1. The molecule has 18 heavy (non-hydrogen) atoms. The Labute approximate surface area is 128 Å². The van der Waals surface area contributed by atoms with Crippen LogP contribution in [0.1, 0.15) is 34.1 Å². The zero-order valence-corrected chi connectivity index (χ0v) is 14.1. The Kier molecular flexibility index (Phi) is 3.87. The maximum absolute atomic E-state index is 6.26. The molecule has 0 saturated carbocycles. The molecule has 1 N–H and O–H groups in total. The summed E-state index contributed by atoms with van der Waals surface area (Å²) < 4.78 is 7.22. The van der Waals surface area contributed by atoms with Crippen LogP contribution in [0.2, 0.25) is 5.02 Å². The molecule has 2 rings (SSSR count). The summed E-state index contributed by atoms with van der Waals surface area (Å²) in [6.07, 6.45) is 0.975. The van der Waals surface area contributed by atoms with Crippen LogP contribution in [-0.2, 0) is 4.74 Å². The van der Waals surface area contributed by atoms with Crippen molar-refractivity contribution in [3.05, 3.63) is 26.8 Å². The fourth-order valence-corrected chi connectivity index (χ4v) is 3.49. The van der Waals surface area contributed by atoms with Gasteiger partial charge >= 0.3 is 0 Å². The molecule has 1 fully saturated rings. The second-order valence-corrected chi connectivity index (χ2v) is 7.64. The first kappa shape index (κ1) is 14.4. The molecule has 1 atom stereocenters. The third-order valence-corrected chi connectivity index (χ3v) is 4.32. The van der Waals surface area contributed by atoms with E-state index in [1.54, 1.807) is 0 Å². The molecule has 0 bridgehead atoms. The molecule has 1 aliphatic heterocycles. The molecule has 0 spiro atoms. The van der Waals surface area contributed by atoms with Gasteiger partial charge in [0.25, 0.3) is 0 Å². The predicted molar refractivity (Wildman–Crippen MR) is 85.4 cm³/mol. The fourth-order valence-electron chi connectivity index (χ4n) is 2.58. The van der Waals surface area contributed by atoms with Gasteiger partial charge in [-0.25, -0.2) is 0 Å². The van der Waals surface area contributed by atoms with E-state index in [9.17, 15) is 0 Å². The third-order valence-electron chi connectivity index (χ3n) is 3.34. The molecule has 1 aliphatic rings. The van der Waals surface area contributed by atoms with Crippen LogP contribution in [0.15, 0.2) is 18.2 Å². The fraction of sp³-hybridized carbons (Fsp3) is 0.571. The number of benzene rings is 1. The van der Waals surface area contributed by atoms with Crippen LogP contribution in [0.3, 0.4) is 0 Å². The first-order valence-electron chi connectivity index (χ1n) is 6.11. The van der Waals surface area contributed by atoms with Gasteiger partial charge in [-0.2, -0.15) is 0 Å². The summed E-state index contributed by atoms with van der Waals surface area (Å²) >= 11 is 8.53. The Balaban J connectivity index is 2.19. The minimum absolute atomic E-state index is 0.0865. The summed E-state index contributed by atoms with van der Waals surface area (Å²) in [5, 5.41) is 4.29. The highest BCUT2D eigenvalue weighted by Crippen LogP contribution is 2.39. The molecule has 0 amide bonds. The molecule has 100 valence electrons. The summed E-state index contributed by atoms with van der Waals surface area (Å²) in [4.78, 5) is 0. The first-order valence-corrected chi connectivity index (χ1v) is 7.57. The van der Waals surface area contributed by atoms with Gasteiger partial charge in [0.15, 0.2) is 0 Å². The van der Waals surface area contributed by atoms with Gasteiger partial charge in [-0.3, -0.25) is 0 Å². The van der Waals surface area contributed by atoms with Crippen molar-refractivity contribution in [1.82, 2.24) is 0 Å². The number of anilines is 1. The van der Waals surface area contributed by atoms with Gasteiger partial charge in [0.05, 0.1) is 28.0 Å². The molecular weight excluding hydrogens is 361 g/mol. The molecule has 1 heterocycles. The smallest absolute Gasteiger partial charge is 0.0834 e. The van der Waals surface area contributed by atoms with E-state index in [1.165, 1.54) is 0 Å². The van der Waals surface area contributed by atoms with Crippen LogP contribution in [0.4, 0.5) is 5.69 Å². The molecule has 0 radical (unpaired) electrons. The maximum Gasteiger partial charge on any atom is 0.0834 e.